The summed E-state index contributed by atoms with van der Waals surface area (Å²) in [7, 11) is 1.92. The molecule has 1 unspecified atom stereocenters. The lowest BCUT2D eigenvalue weighted by Crippen LogP contribution is -3.08. The average Bonchev–Trinajstić information content (AvgIpc) is 2.41. The molecule has 2 N–H and O–H groups in total. The summed E-state index contributed by atoms with van der Waals surface area (Å²) < 4.78 is 13.2. The van der Waals surface area contributed by atoms with Crippen LogP contribution in [0, 0.1) is 19.7 Å². The van der Waals surface area contributed by atoms with E-state index in [-0.39, 0.29) is 11.7 Å². The van der Waals surface area contributed by atoms with Crippen molar-refractivity contribution in [2.75, 3.05) is 18.9 Å². The number of carbonyl (C=O) groups excluding carboxylic acids is 1. The van der Waals surface area contributed by atoms with Crippen molar-refractivity contribution >= 4 is 11.6 Å². The lowest BCUT2D eigenvalue weighted by molar-refractivity contribution is -0.885. The van der Waals surface area contributed by atoms with Crippen LogP contribution >= 0.6 is 0 Å². The van der Waals surface area contributed by atoms with Crippen molar-refractivity contribution < 1.29 is 14.1 Å². The SMILES string of the molecule is Cc1ccc(NC(=O)C[NH+](C)Cc2cccc(F)c2)c(C)c1. The van der Waals surface area contributed by atoms with Crippen LogP contribution in [0.25, 0.3) is 0 Å². The van der Waals surface area contributed by atoms with E-state index in [4.69, 9.17) is 0 Å². The maximum atomic E-state index is 13.2. The minimum absolute atomic E-state index is 0.0409. The molecule has 0 spiro atoms. The van der Waals surface area contributed by atoms with Crippen LogP contribution in [0.3, 0.4) is 0 Å². The van der Waals surface area contributed by atoms with Gasteiger partial charge in [-0.2, -0.15) is 0 Å². The van der Waals surface area contributed by atoms with Crippen LogP contribution in [-0.2, 0) is 11.3 Å². The molecule has 0 saturated heterocycles. The highest BCUT2D eigenvalue weighted by atomic mass is 19.1. The van der Waals surface area contributed by atoms with E-state index in [0.717, 1.165) is 21.7 Å². The Kier molecular flexibility index (Phi) is 5.28. The first-order chi connectivity index (χ1) is 10.4. The van der Waals surface area contributed by atoms with Gasteiger partial charge >= 0.3 is 0 Å². The molecule has 0 aliphatic heterocycles. The lowest BCUT2D eigenvalue weighted by Gasteiger charge is -2.15. The van der Waals surface area contributed by atoms with Crippen LogP contribution in [-0.4, -0.2) is 19.5 Å². The van der Waals surface area contributed by atoms with Gasteiger partial charge in [-0.05, 0) is 37.6 Å². The van der Waals surface area contributed by atoms with Crippen molar-refractivity contribution in [2.45, 2.75) is 20.4 Å². The molecule has 0 aliphatic rings. The highest BCUT2D eigenvalue weighted by Gasteiger charge is 2.12. The Balaban J connectivity index is 1.91. The van der Waals surface area contributed by atoms with Gasteiger partial charge in [0, 0.05) is 11.3 Å². The van der Waals surface area contributed by atoms with E-state index in [1.54, 1.807) is 6.07 Å². The van der Waals surface area contributed by atoms with Crippen LogP contribution < -0.4 is 10.2 Å². The van der Waals surface area contributed by atoms with E-state index < -0.39 is 0 Å². The van der Waals surface area contributed by atoms with Crippen molar-refractivity contribution in [3.8, 4) is 0 Å². The summed E-state index contributed by atoms with van der Waals surface area (Å²) in [6.07, 6.45) is 0. The fourth-order valence-corrected chi connectivity index (χ4v) is 2.48. The van der Waals surface area contributed by atoms with E-state index >= 15 is 0 Å². The maximum Gasteiger partial charge on any atom is 0.279 e. The summed E-state index contributed by atoms with van der Waals surface area (Å²) in [5, 5.41) is 2.93. The zero-order chi connectivity index (χ0) is 16.1. The lowest BCUT2D eigenvalue weighted by atomic mass is 10.1. The van der Waals surface area contributed by atoms with E-state index in [9.17, 15) is 9.18 Å². The number of nitrogens with one attached hydrogen (secondary N) is 2. The number of aryl methyl sites for hydroxylation is 2. The van der Waals surface area contributed by atoms with Gasteiger partial charge in [0.25, 0.3) is 5.91 Å². The molecule has 2 rings (SSSR count). The summed E-state index contributed by atoms with van der Waals surface area (Å²) in [5.74, 6) is -0.286. The largest absolute Gasteiger partial charge is 0.326 e. The number of likely N-dealkylation sites (N-methyl/N-ethyl adjacent to an activating group) is 1. The molecular weight excluding hydrogens is 279 g/mol. The predicted molar refractivity (Wildman–Crippen MR) is 86.4 cm³/mol. The smallest absolute Gasteiger partial charge is 0.279 e. The molecule has 0 bridgehead atoms. The second-order valence-electron chi connectivity index (χ2n) is 5.81. The van der Waals surface area contributed by atoms with Crippen molar-refractivity contribution in [1.29, 1.82) is 0 Å². The fourth-order valence-electron chi connectivity index (χ4n) is 2.48. The molecule has 116 valence electrons. The molecule has 1 atom stereocenters. The Morgan fingerprint density at radius 3 is 2.64 bits per heavy atom. The number of hydrogen-bond donors (Lipinski definition) is 2. The van der Waals surface area contributed by atoms with Crippen molar-refractivity contribution in [1.82, 2.24) is 0 Å². The molecule has 2 aromatic carbocycles. The third-order valence-electron chi connectivity index (χ3n) is 3.51. The minimum Gasteiger partial charge on any atom is -0.326 e. The number of rotatable bonds is 5. The van der Waals surface area contributed by atoms with E-state index in [0.29, 0.717) is 13.1 Å². The van der Waals surface area contributed by atoms with Crippen LogP contribution in [0.4, 0.5) is 10.1 Å². The summed E-state index contributed by atoms with van der Waals surface area (Å²) >= 11 is 0. The number of anilines is 1. The Morgan fingerprint density at radius 2 is 1.95 bits per heavy atom. The zero-order valence-corrected chi connectivity index (χ0v) is 13.2. The number of halogens is 1. The van der Waals surface area contributed by atoms with Gasteiger partial charge in [0.15, 0.2) is 6.54 Å². The predicted octanol–water partition coefficient (Wildman–Crippen LogP) is 2.10. The number of benzene rings is 2. The van der Waals surface area contributed by atoms with Crippen molar-refractivity contribution in [3.63, 3.8) is 0 Å². The molecule has 0 aromatic heterocycles. The first-order valence-electron chi connectivity index (χ1n) is 7.37. The van der Waals surface area contributed by atoms with Gasteiger partial charge < -0.3 is 10.2 Å². The maximum absolute atomic E-state index is 13.2. The molecule has 4 heteroatoms. The highest BCUT2D eigenvalue weighted by molar-refractivity contribution is 5.92. The molecule has 0 radical (unpaired) electrons. The average molecular weight is 301 g/mol. The van der Waals surface area contributed by atoms with Crippen LogP contribution in [0.1, 0.15) is 16.7 Å². The number of amides is 1. The first-order valence-corrected chi connectivity index (χ1v) is 7.37. The van der Waals surface area contributed by atoms with Gasteiger partial charge in [-0.15, -0.1) is 0 Å². The van der Waals surface area contributed by atoms with Gasteiger partial charge in [0.2, 0.25) is 0 Å². The van der Waals surface area contributed by atoms with Gasteiger partial charge in [0.05, 0.1) is 7.05 Å². The molecular formula is C18H22FN2O+. The molecule has 22 heavy (non-hydrogen) atoms. The molecule has 0 aliphatic carbocycles. The summed E-state index contributed by atoms with van der Waals surface area (Å²) in [6, 6.07) is 12.4. The fraction of sp³-hybridized carbons (Fsp3) is 0.278. The van der Waals surface area contributed by atoms with Gasteiger partial charge in [-0.3, -0.25) is 4.79 Å². The summed E-state index contributed by atoms with van der Waals surface area (Å²) in [5.41, 5.74) is 3.95. The molecule has 3 nitrogen and oxygen atoms in total. The van der Waals surface area contributed by atoms with Gasteiger partial charge in [-0.25, -0.2) is 4.39 Å². The Bertz CT molecular complexity index is 670. The minimum atomic E-state index is -0.245. The number of carbonyl (C=O) groups is 1. The summed E-state index contributed by atoms with van der Waals surface area (Å²) in [6.45, 7) is 4.95. The van der Waals surface area contributed by atoms with Crippen LogP contribution in [0.15, 0.2) is 42.5 Å². The number of quaternary nitrogens is 1. The van der Waals surface area contributed by atoms with Gasteiger partial charge in [-0.1, -0.05) is 29.8 Å². The zero-order valence-electron chi connectivity index (χ0n) is 13.2. The van der Waals surface area contributed by atoms with Crippen LogP contribution in [0.2, 0.25) is 0 Å². The van der Waals surface area contributed by atoms with Crippen LogP contribution in [0.5, 0.6) is 0 Å². The normalized spacial score (nSPS) is 12.0. The molecule has 0 heterocycles. The van der Waals surface area contributed by atoms with Gasteiger partial charge in [0.1, 0.15) is 12.4 Å². The van der Waals surface area contributed by atoms with E-state index in [2.05, 4.69) is 5.32 Å². The standard InChI is InChI=1S/C18H21FN2O/c1-13-7-8-17(14(2)9-13)20-18(22)12-21(3)11-15-5-4-6-16(19)10-15/h4-10H,11-12H2,1-3H3,(H,20,22)/p+1. The molecule has 0 fully saturated rings. The second-order valence-corrected chi connectivity index (χ2v) is 5.81. The third-order valence-corrected chi connectivity index (χ3v) is 3.51. The monoisotopic (exact) mass is 301 g/mol. The number of hydrogen-bond acceptors (Lipinski definition) is 1. The van der Waals surface area contributed by atoms with Crippen molar-refractivity contribution in [2.24, 2.45) is 0 Å². The van der Waals surface area contributed by atoms with E-state index in [1.807, 2.05) is 45.2 Å². The second kappa shape index (κ2) is 7.18. The molecule has 2 aromatic rings. The Morgan fingerprint density at radius 1 is 1.18 bits per heavy atom. The summed E-state index contributed by atoms with van der Waals surface area (Å²) in [4.78, 5) is 13.1. The highest BCUT2D eigenvalue weighted by Crippen LogP contribution is 2.15. The van der Waals surface area contributed by atoms with Crippen molar-refractivity contribution in [3.05, 3.63) is 65.0 Å². The van der Waals surface area contributed by atoms with E-state index in [1.165, 1.54) is 17.7 Å². The third kappa shape index (κ3) is 4.67. The molecule has 1 amide bonds. The quantitative estimate of drug-likeness (QED) is 0.871. The Hall–Kier alpha value is -2.20. The topological polar surface area (TPSA) is 33.5 Å². The first kappa shape index (κ1) is 16.2. The Labute approximate surface area is 130 Å². The molecule has 0 saturated carbocycles.